The number of rotatable bonds is 6. The number of nitrogens with zero attached hydrogens (tertiary/aromatic N) is 4. The van der Waals surface area contributed by atoms with Gasteiger partial charge in [0.05, 0.1) is 29.9 Å². The number of alkyl halides is 3. The van der Waals surface area contributed by atoms with E-state index in [1.54, 1.807) is 25.1 Å². The molecule has 0 unspecified atom stereocenters. The van der Waals surface area contributed by atoms with Crippen molar-refractivity contribution < 1.29 is 22.7 Å². The van der Waals surface area contributed by atoms with Gasteiger partial charge in [-0.25, -0.2) is 19.3 Å². The van der Waals surface area contributed by atoms with Gasteiger partial charge in [0.2, 0.25) is 5.95 Å². The summed E-state index contributed by atoms with van der Waals surface area (Å²) in [5.74, 6) is -0.771. The molecule has 1 N–H and O–H groups in total. The quantitative estimate of drug-likeness (QED) is 0.253. The Kier molecular flexibility index (Phi) is 7.79. The third-order valence-electron chi connectivity index (χ3n) is 7.12. The summed E-state index contributed by atoms with van der Waals surface area (Å²) < 4.78 is 48.0. The van der Waals surface area contributed by atoms with E-state index in [2.05, 4.69) is 32.2 Å². The molecule has 0 amide bonds. The van der Waals surface area contributed by atoms with Gasteiger partial charge < -0.3 is 4.74 Å². The number of methoxy groups -OCH3 is 1. The minimum Gasteiger partial charge on any atom is -0.466 e. The number of halogens is 4. The molecule has 1 atom stereocenters. The SMILES string of the molecule is COC(=O)C1=C(C)N(c2cccc(C(F)(F)F)c2)c2n[nH]c(=O)n2[C@@H]1c1ccc(C#N)cc1CCc1cccc(Br)c1. The van der Waals surface area contributed by atoms with Gasteiger partial charge in [-0.3, -0.25) is 4.90 Å². The number of ether oxygens (including phenoxy) is 1. The lowest BCUT2D eigenvalue weighted by Crippen LogP contribution is -2.38. The van der Waals surface area contributed by atoms with Crippen molar-refractivity contribution in [2.75, 3.05) is 12.0 Å². The fraction of sp³-hybridized carbons (Fsp3) is 0.200. The number of hydrogen-bond donors (Lipinski definition) is 1. The van der Waals surface area contributed by atoms with Crippen LogP contribution in [0.3, 0.4) is 0 Å². The predicted molar refractivity (Wildman–Crippen MR) is 152 cm³/mol. The van der Waals surface area contributed by atoms with Crippen LogP contribution in [0, 0.1) is 11.3 Å². The van der Waals surface area contributed by atoms with E-state index in [0.29, 0.717) is 29.5 Å². The Hall–Kier alpha value is -4.63. The largest absolute Gasteiger partial charge is 0.466 e. The highest BCUT2D eigenvalue weighted by Crippen LogP contribution is 2.43. The number of H-pyrrole nitrogens is 1. The van der Waals surface area contributed by atoms with Gasteiger partial charge in [-0.2, -0.15) is 18.4 Å². The van der Waals surface area contributed by atoms with Crippen molar-refractivity contribution in [1.82, 2.24) is 14.8 Å². The first-order valence-corrected chi connectivity index (χ1v) is 13.5. The number of aromatic amines is 1. The fourth-order valence-corrected chi connectivity index (χ4v) is 5.66. The zero-order chi connectivity index (χ0) is 30.2. The van der Waals surface area contributed by atoms with Crippen LogP contribution < -0.4 is 10.6 Å². The Morgan fingerprint density at radius 1 is 1.12 bits per heavy atom. The summed E-state index contributed by atoms with van der Waals surface area (Å²) in [6, 6.07) is 18.4. The first kappa shape index (κ1) is 28.9. The predicted octanol–water partition coefficient (Wildman–Crippen LogP) is 6.20. The Labute approximate surface area is 246 Å². The van der Waals surface area contributed by atoms with Crippen LogP contribution in [0.1, 0.15) is 40.8 Å². The molecule has 1 aliphatic rings. The smallest absolute Gasteiger partial charge is 0.416 e. The maximum atomic E-state index is 13.6. The first-order chi connectivity index (χ1) is 20.0. The van der Waals surface area contributed by atoms with Crippen LogP contribution in [0.4, 0.5) is 24.8 Å². The topological polar surface area (TPSA) is 104 Å². The average molecular weight is 638 g/mol. The van der Waals surface area contributed by atoms with Gasteiger partial charge in [-0.1, -0.05) is 40.2 Å². The van der Waals surface area contributed by atoms with Crippen molar-refractivity contribution in [2.45, 2.75) is 32.0 Å². The molecule has 0 saturated heterocycles. The van der Waals surface area contributed by atoms with Crippen molar-refractivity contribution in [3.63, 3.8) is 0 Å². The first-order valence-electron chi connectivity index (χ1n) is 12.7. The van der Waals surface area contributed by atoms with Crippen LogP contribution >= 0.6 is 15.9 Å². The molecule has 0 radical (unpaired) electrons. The molecule has 0 spiro atoms. The van der Waals surface area contributed by atoms with Crippen LogP contribution in [0.25, 0.3) is 0 Å². The lowest BCUT2D eigenvalue weighted by atomic mass is 9.88. The Morgan fingerprint density at radius 3 is 2.57 bits per heavy atom. The fourth-order valence-electron chi connectivity index (χ4n) is 5.21. The third-order valence-corrected chi connectivity index (χ3v) is 7.61. The number of aryl methyl sites for hydroxylation is 2. The van der Waals surface area contributed by atoms with Crippen LogP contribution in [0.2, 0.25) is 0 Å². The summed E-state index contributed by atoms with van der Waals surface area (Å²) >= 11 is 3.47. The molecule has 42 heavy (non-hydrogen) atoms. The van der Waals surface area contributed by atoms with E-state index < -0.39 is 29.4 Å². The molecule has 0 aliphatic carbocycles. The molecule has 0 fully saturated rings. The monoisotopic (exact) mass is 637 g/mol. The normalized spacial score (nSPS) is 14.9. The van der Waals surface area contributed by atoms with Gasteiger partial charge in [0.15, 0.2) is 0 Å². The van der Waals surface area contributed by atoms with Gasteiger partial charge >= 0.3 is 17.8 Å². The van der Waals surface area contributed by atoms with Crippen molar-refractivity contribution in [1.29, 1.82) is 5.26 Å². The second-order valence-electron chi connectivity index (χ2n) is 9.63. The number of carbonyl (C=O) groups is 1. The van der Waals surface area contributed by atoms with E-state index in [-0.39, 0.29) is 22.9 Å². The van der Waals surface area contributed by atoms with Crippen LogP contribution in [-0.4, -0.2) is 27.8 Å². The summed E-state index contributed by atoms with van der Waals surface area (Å²) in [5, 5.41) is 16.1. The molecule has 3 aromatic carbocycles. The van der Waals surface area contributed by atoms with Gasteiger partial charge in [0, 0.05) is 15.9 Å². The highest BCUT2D eigenvalue weighted by molar-refractivity contribution is 9.10. The van der Waals surface area contributed by atoms with Gasteiger partial charge in [0.1, 0.15) is 6.04 Å². The molecule has 12 heteroatoms. The summed E-state index contributed by atoms with van der Waals surface area (Å²) in [6.45, 7) is 1.56. The number of nitriles is 1. The van der Waals surface area contributed by atoms with Crippen molar-refractivity contribution >= 4 is 33.5 Å². The van der Waals surface area contributed by atoms with E-state index in [9.17, 15) is 28.0 Å². The highest BCUT2D eigenvalue weighted by Gasteiger charge is 2.41. The Bertz CT molecular complexity index is 1820. The highest BCUT2D eigenvalue weighted by atomic mass is 79.9. The lowest BCUT2D eigenvalue weighted by Gasteiger charge is -2.36. The summed E-state index contributed by atoms with van der Waals surface area (Å²) in [6.07, 6.45) is -3.56. The van der Waals surface area contributed by atoms with Crippen LogP contribution in [0.15, 0.2) is 87.3 Å². The summed E-state index contributed by atoms with van der Waals surface area (Å²) in [7, 11) is 1.19. The molecule has 1 aromatic heterocycles. The second-order valence-corrected chi connectivity index (χ2v) is 10.5. The number of benzene rings is 3. The molecule has 0 saturated carbocycles. The van der Waals surface area contributed by atoms with E-state index >= 15 is 0 Å². The van der Waals surface area contributed by atoms with E-state index in [1.165, 1.54) is 28.7 Å². The minimum absolute atomic E-state index is 0.00298. The molecule has 214 valence electrons. The molecule has 4 aromatic rings. The zero-order valence-corrected chi connectivity index (χ0v) is 24.0. The molecular formula is C30H23BrF3N5O3. The lowest BCUT2D eigenvalue weighted by molar-refractivity contribution is -0.138. The standard InChI is InChI=1S/C30H23BrF3N5O3/c1-17-25(27(40)42-2)26(24-12-10-19(16-35)13-20(24)11-9-18-5-3-7-22(31)14-18)39-28(36-37-29(39)41)38(17)23-8-4-6-21(15-23)30(32,33)34/h3-8,10,12-15,26H,9,11H2,1-2H3,(H,37,41)/t26-/m1/s1. The van der Waals surface area contributed by atoms with Gasteiger partial charge in [0.25, 0.3) is 0 Å². The minimum atomic E-state index is -4.62. The maximum absolute atomic E-state index is 13.6. The van der Waals surface area contributed by atoms with E-state index in [4.69, 9.17) is 4.74 Å². The molecular weight excluding hydrogens is 615 g/mol. The van der Waals surface area contributed by atoms with E-state index in [0.717, 1.165) is 22.2 Å². The summed E-state index contributed by atoms with van der Waals surface area (Å²) in [5.41, 5.74) is 1.43. The number of esters is 1. The van der Waals surface area contributed by atoms with E-state index in [1.807, 2.05) is 24.3 Å². The third kappa shape index (κ3) is 5.35. The molecule has 8 nitrogen and oxygen atoms in total. The average Bonchev–Trinajstić information content (AvgIpc) is 3.35. The zero-order valence-electron chi connectivity index (χ0n) is 22.4. The maximum Gasteiger partial charge on any atom is 0.416 e. The molecule has 5 rings (SSSR count). The van der Waals surface area contributed by atoms with Gasteiger partial charge in [-0.05, 0) is 78.9 Å². The van der Waals surface area contributed by atoms with Crippen molar-refractivity contribution in [3.8, 4) is 6.07 Å². The Balaban J connectivity index is 1.71. The number of nitrogens with one attached hydrogen (secondary N) is 1. The molecule has 1 aliphatic heterocycles. The van der Waals surface area contributed by atoms with Gasteiger partial charge in [-0.15, -0.1) is 5.10 Å². The Morgan fingerprint density at radius 2 is 1.88 bits per heavy atom. The molecule has 2 heterocycles. The summed E-state index contributed by atoms with van der Waals surface area (Å²) in [4.78, 5) is 28.0. The van der Waals surface area contributed by atoms with Crippen LogP contribution in [-0.2, 0) is 28.5 Å². The second kappa shape index (κ2) is 11.3. The number of fused-ring (bicyclic) bond motifs is 1. The van der Waals surface area contributed by atoms with Crippen LogP contribution in [0.5, 0.6) is 0 Å². The number of hydrogen-bond acceptors (Lipinski definition) is 6. The number of anilines is 2. The van der Waals surface area contributed by atoms with Crippen molar-refractivity contribution in [2.24, 2.45) is 0 Å². The molecule has 0 bridgehead atoms. The number of aromatic nitrogens is 3. The van der Waals surface area contributed by atoms with Crippen molar-refractivity contribution in [3.05, 3.63) is 121 Å². The number of carbonyl (C=O) groups excluding carboxylic acids is 1. The number of allylic oxidation sites excluding steroid dienone is 1.